The van der Waals surface area contributed by atoms with Gasteiger partial charge in [-0.15, -0.1) is 0 Å². The molecule has 0 aromatic carbocycles. The molecule has 1 aliphatic carbocycles. The fraction of sp³-hybridized carbons (Fsp3) is 0.867. The van der Waals surface area contributed by atoms with Crippen molar-refractivity contribution in [3.8, 4) is 0 Å². The van der Waals surface area contributed by atoms with Gasteiger partial charge in [0.1, 0.15) is 0 Å². The van der Waals surface area contributed by atoms with Crippen LogP contribution in [-0.2, 0) is 9.47 Å². The van der Waals surface area contributed by atoms with Crippen LogP contribution in [0.3, 0.4) is 0 Å². The summed E-state index contributed by atoms with van der Waals surface area (Å²) < 4.78 is 11.5. The molecule has 17 heavy (non-hydrogen) atoms. The first-order valence-electron chi connectivity index (χ1n) is 7.29. The molecule has 0 amide bonds. The van der Waals surface area contributed by atoms with E-state index >= 15 is 0 Å². The largest absolute Gasteiger partial charge is 0.348 e. The lowest BCUT2D eigenvalue weighted by atomic mass is 9.84. The van der Waals surface area contributed by atoms with Crippen molar-refractivity contribution < 1.29 is 9.47 Å². The highest BCUT2D eigenvalue weighted by atomic mass is 16.7. The summed E-state index contributed by atoms with van der Waals surface area (Å²) in [6, 6.07) is 0. The molecule has 1 spiro atoms. The van der Waals surface area contributed by atoms with E-state index in [1.54, 1.807) is 0 Å². The maximum Gasteiger partial charge on any atom is 0.169 e. The molecular formula is C15H28O2. The number of allylic oxidation sites excluding steroid dienone is 2. The van der Waals surface area contributed by atoms with Crippen molar-refractivity contribution in [2.24, 2.45) is 5.92 Å². The van der Waals surface area contributed by atoms with Gasteiger partial charge in [0, 0.05) is 12.8 Å². The highest BCUT2D eigenvalue weighted by Gasteiger charge is 2.40. The Morgan fingerprint density at radius 1 is 1.24 bits per heavy atom. The summed E-state index contributed by atoms with van der Waals surface area (Å²) in [7, 11) is 0. The molecule has 2 fully saturated rings. The lowest BCUT2D eigenvalue weighted by molar-refractivity contribution is -0.183. The first-order chi connectivity index (χ1) is 8.35. The molecule has 1 saturated heterocycles. The van der Waals surface area contributed by atoms with Crippen LogP contribution in [0.1, 0.15) is 59.3 Å². The SMILES string of the molecule is CC.CCC/C=C\C1CCCC2(C1)OCCO2. The quantitative estimate of drug-likeness (QED) is 0.685. The maximum absolute atomic E-state index is 5.76. The summed E-state index contributed by atoms with van der Waals surface area (Å²) in [6.45, 7) is 7.78. The first kappa shape index (κ1) is 14.7. The number of unbranched alkanes of at least 4 members (excludes halogenated alkanes) is 1. The molecule has 0 aromatic rings. The highest BCUT2D eigenvalue weighted by molar-refractivity contribution is 4.94. The molecule has 2 heteroatoms. The molecule has 2 aliphatic rings. The van der Waals surface area contributed by atoms with Gasteiger partial charge in [-0.25, -0.2) is 0 Å². The van der Waals surface area contributed by atoms with E-state index in [1.807, 2.05) is 13.8 Å². The van der Waals surface area contributed by atoms with E-state index in [9.17, 15) is 0 Å². The van der Waals surface area contributed by atoms with Crippen LogP contribution < -0.4 is 0 Å². The Morgan fingerprint density at radius 3 is 2.59 bits per heavy atom. The average molecular weight is 240 g/mol. The Balaban J connectivity index is 0.000000686. The van der Waals surface area contributed by atoms with E-state index in [4.69, 9.17) is 9.47 Å². The Labute approximate surface area is 106 Å². The molecule has 1 aliphatic heterocycles. The lowest BCUT2D eigenvalue weighted by Gasteiger charge is -2.35. The normalized spacial score (nSPS) is 27.1. The molecule has 1 saturated carbocycles. The van der Waals surface area contributed by atoms with Crippen molar-refractivity contribution in [1.82, 2.24) is 0 Å². The predicted octanol–water partition coefficient (Wildman–Crippen LogP) is 4.30. The smallest absolute Gasteiger partial charge is 0.169 e. The van der Waals surface area contributed by atoms with Crippen molar-refractivity contribution in [3.63, 3.8) is 0 Å². The molecule has 0 N–H and O–H groups in total. The number of hydrogen-bond acceptors (Lipinski definition) is 2. The molecule has 1 atom stereocenters. The Kier molecular flexibility index (Phi) is 6.83. The third kappa shape index (κ3) is 4.44. The van der Waals surface area contributed by atoms with Crippen LogP contribution in [0.4, 0.5) is 0 Å². The first-order valence-corrected chi connectivity index (χ1v) is 7.29. The maximum atomic E-state index is 5.76. The predicted molar refractivity (Wildman–Crippen MR) is 72.0 cm³/mol. The highest BCUT2D eigenvalue weighted by Crippen LogP contribution is 2.39. The lowest BCUT2D eigenvalue weighted by Crippen LogP contribution is -2.35. The van der Waals surface area contributed by atoms with Crippen LogP contribution in [0.2, 0.25) is 0 Å². The molecule has 1 heterocycles. The van der Waals surface area contributed by atoms with E-state index < -0.39 is 0 Å². The van der Waals surface area contributed by atoms with Crippen molar-refractivity contribution in [2.75, 3.05) is 13.2 Å². The van der Waals surface area contributed by atoms with E-state index in [2.05, 4.69) is 19.1 Å². The summed E-state index contributed by atoms with van der Waals surface area (Å²) in [5.74, 6) is 0.461. The molecule has 0 aromatic heterocycles. The van der Waals surface area contributed by atoms with Gasteiger partial charge in [0.15, 0.2) is 5.79 Å². The Bertz CT molecular complexity index is 217. The van der Waals surface area contributed by atoms with E-state index in [0.29, 0.717) is 5.92 Å². The second-order valence-electron chi connectivity index (χ2n) is 4.68. The van der Waals surface area contributed by atoms with E-state index in [0.717, 1.165) is 26.1 Å². The summed E-state index contributed by atoms with van der Waals surface area (Å²) in [5.41, 5.74) is 0. The van der Waals surface area contributed by atoms with E-state index in [-0.39, 0.29) is 5.79 Å². The third-order valence-electron chi connectivity index (χ3n) is 3.38. The van der Waals surface area contributed by atoms with Gasteiger partial charge in [-0.3, -0.25) is 0 Å². The van der Waals surface area contributed by atoms with Crippen molar-refractivity contribution >= 4 is 0 Å². The van der Waals surface area contributed by atoms with Crippen LogP contribution in [0.5, 0.6) is 0 Å². The van der Waals surface area contributed by atoms with Gasteiger partial charge in [0.2, 0.25) is 0 Å². The van der Waals surface area contributed by atoms with Crippen LogP contribution >= 0.6 is 0 Å². The van der Waals surface area contributed by atoms with Gasteiger partial charge >= 0.3 is 0 Å². The van der Waals surface area contributed by atoms with Gasteiger partial charge in [-0.05, 0) is 25.2 Å². The molecule has 2 rings (SSSR count). The zero-order valence-corrected chi connectivity index (χ0v) is 11.7. The molecule has 2 nitrogen and oxygen atoms in total. The van der Waals surface area contributed by atoms with Crippen LogP contribution in [-0.4, -0.2) is 19.0 Å². The van der Waals surface area contributed by atoms with Crippen molar-refractivity contribution in [2.45, 2.75) is 65.1 Å². The molecule has 100 valence electrons. The van der Waals surface area contributed by atoms with Gasteiger partial charge in [-0.2, -0.15) is 0 Å². The summed E-state index contributed by atoms with van der Waals surface area (Å²) >= 11 is 0. The average Bonchev–Trinajstić information content (AvgIpc) is 2.80. The van der Waals surface area contributed by atoms with Gasteiger partial charge in [0.25, 0.3) is 0 Å². The summed E-state index contributed by atoms with van der Waals surface area (Å²) in [6.07, 6.45) is 11.8. The minimum atomic E-state index is -0.209. The molecule has 0 radical (unpaired) electrons. The topological polar surface area (TPSA) is 18.5 Å². The van der Waals surface area contributed by atoms with Gasteiger partial charge in [-0.1, -0.05) is 39.3 Å². The van der Waals surface area contributed by atoms with Crippen molar-refractivity contribution in [1.29, 1.82) is 0 Å². The van der Waals surface area contributed by atoms with E-state index in [1.165, 1.54) is 25.7 Å². The summed E-state index contributed by atoms with van der Waals surface area (Å²) in [4.78, 5) is 0. The molecular weight excluding hydrogens is 212 g/mol. The van der Waals surface area contributed by atoms with Crippen LogP contribution in [0, 0.1) is 5.92 Å². The minimum Gasteiger partial charge on any atom is -0.348 e. The van der Waals surface area contributed by atoms with Gasteiger partial charge in [0.05, 0.1) is 13.2 Å². The summed E-state index contributed by atoms with van der Waals surface area (Å²) in [5, 5.41) is 0. The minimum absolute atomic E-state index is 0.209. The fourth-order valence-corrected chi connectivity index (χ4v) is 2.62. The third-order valence-corrected chi connectivity index (χ3v) is 3.38. The Hall–Kier alpha value is -0.340. The standard InChI is InChI=1S/C13H22O2.C2H6/c1-2-3-4-6-12-7-5-8-13(11-12)14-9-10-15-13;1-2/h4,6,12H,2-3,5,7-11H2,1H3;1-2H3/b6-4-;. The fourth-order valence-electron chi connectivity index (χ4n) is 2.62. The molecule has 1 unspecified atom stereocenters. The van der Waals surface area contributed by atoms with Crippen LogP contribution in [0.15, 0.2) is 12.2 Å². The Morgan fingerprint density at radius 2 is 1.94 bits per heavy atom. The van der Waals surface area contributed by atoms with Gasteiger partial charge < -0.3 is 9.47 Å². The number of hydrogen-bond donors (Lipinski definition) is 0. The molecule has 0 bridgehead atoms. The monoisotopic (exact) mass is 240 g/mol. The number of rotatable bonds is 3. The van der Waals surface area contributed by atoms with Crippen LogP contribution in [0.25, 0.3) is 0 Å². The number of ether oxygens (including phenoxy) is 2. The second kappa shape index (κ2) is 7.88. The zero-order valence-electron chi connectivity index (χ0n) is 11.7. The zero-order chi connectivity index (χ0) is 12.6. The second-order valence-corrected chi connectivity index (χ2v) is 4.68. The van der Waals surface area contributed by atoms with Crippen molar-refractivity contribution in [3.05, 3.63) is 12.2 Å².